The predicted molar refractivity (Wildman–Crippen MR) is 105 cm³/mol. The fraction of sp³-hybridized carbons (Fsp3) is 0.316. The number of benzene rings is 1. The van der Waals surface area contributed by atoms with E-state index in [1.807, 2.05) is 30.3 Å². The summed E-state index contributed by atoms with van der Waals surface area (Å²) in [5.74, 6) is -0.499. The Morgan fingerprint density at radius 2 is 2.15 bits per heavy atom. The molecule has 2 aromatic heterocycles. The largest absolute Gasteiger partial charge is 0.481 e. The van der Waals surface area contributed by atoms with Crippen molar-refractivity contribution in [2.45, 2.75) is 31.3 Å². The molecule has 0 bridgehead atoms. The van der Waals surface area contributed by atoms with Crippen molar-refractivity contribution < 1.29 is 9.90 Å². The molecule has 1 aromatic carbocycles. The average molecular weight is 386 g/mol. The minimum Gasteiger partial charge on any atom is -0.481 e. The smallest absolute Gasteiger partial charge is 0.313 e. The summed E-state index contributed by atoms with van der Waals surface area (Å²) in [4.78, 5) is 31.1. The van der Waals surface area contributed by atoms with Gasteiger partial charge in [-0.05, 0) is 42.9 Å². The predicted octanol–water partition coefficient (Wildman–Crippen LogP) is 3.75. The Labute approximate surface area is 158 Å². The normalized spacial score (nSPS) is 16.6. The van der Waals surface area contributed by atoms with Gasteiger partial charge in [0, 0.05) is 4.88 Å². The lowest BCUT2D eigenvalue weighted by Crippen LogP contribution is -2.23. The standard InChI is InChI=1S/C19H18N2O3S2/c1-11-7-8-14-13(9-11)16-17(26-14)20-19(25-10-15(22)23)21(18(16)24)12-5-3-2-4-6-12/h2-6,11H,7-10H2,1H3,(H,22,23). The Hall–Kier alpha value is -2.12. The van der Waals surface area contributed by atoms with Crippen LogP contribution in [0.2, 0.25) is 0 Å². The van der Waals surface area contributed by atoms with Crippen molar-refractivity contribution in [2.75, 3.05) is 5.75 Å². The summed E-state index contributed by atoms with van der Waals surface area (Å²) in [6, 6.07) is 9.31. The number of hydrogen-bond acceptors (Lipinski definition) is 5. The van der Waals surface area contributed by atoms with E-state index in [1.165, 1.54) is 4.88 Å². The highest BCUT2D eigenvalue weighted by atomic mass is 32.2. The second-order valence-electron chi connectivity index (χ2n) is 6.58. The molecular weight excluding hydrogens is 368 g/mol. The Morgan fingerprint density at radius 1 is 1.38 bits per heavy atom. The fourth-order valence-corrected chi connectivity index (χ4v) is 5.40. The molecule has 1 unspecified atom stereocenters. The van der Waals surface area contributed by atoms with Crippen molar-refractivity contribution in [2.24, 2.45) is 5.92 Å². The van der Waals surface area contributed by atoms with Crippen LogP contribution in [-0.2, 0) is 17.6 Å². The molecule has 0 radical (unpaired) electrons. The van der Waals surface area contributed by atoms with E-state index in [-0.39, 0.29) is 11.3 Å². The van der Waals surface area contributed by atoms with Crippen LogP contribution in [0.25, 0.3) is 15.9 Å². The van der Waals surface area contributed by atoms with Crippen molar-refractivity contribution in [3.05, 3.63) is 51.1 Å². The molecule has 0 fully saturated rings. The van der Waals surface area contributed by atoms with Gasteiger partial charge in [-0.15, -0.1) is 11.3 Å². The molecule has 2 heterocycles. The molecule has 0 amide bonds. The maximum Gasteiger partial charge on any atom is 0.313 e. The fourth-order valence-electron chi connectivity index (χ4n) is 3.41. The van der Waals surface area contributed by atoms with Crippen LogP contribution in [0.3, 0.4) is 0 Å². The third-order valence-corrected chi connectivity index (χ3v) is 6.74. The number of aryl methyl sites for hydroxylation is 1. The Morgan fingerprint density at radius 3 is 2.88 bits per heavy atom. The van der Waals surface area contributed by atoms with Gasteiger partial charge in [0.15, 0.2) is 5.16 Å². The van der Waals surface area contributed by atoms with Crippen LogP contribution >= 0.6 is 23.1 Å². The lowest BCUT2D eigenvalue weighted by molar-refractivity contribution is -0.133. The van der Waals surface area contributed by atoms with Crippen molar-refractivity contribution in [3.8, 4) is 5.69 Å². The number of hydrogen-bond donors (Lipinski definition) is 1. The summed E-state index contributed by atoms with van der Waals surface area (Å²) in [6.07, 6.45) is 3.02. The van der Waals surface area contributed by atoms with Gasteiger partial charge in [-0.25, -0.2) is 4.98 Å². The minimum atomic E-state index is -0.928. The van der Waals surface area contributed by atoms with E-state index in [2.05, 4.69) is 6.92 Å². The molecule has 0 aliphatic heterocycles. The Bertz CT molecular complexity index is 1040. The van der Waals surface area contributed by atoms with Gasteiger partial charge in [-0.3, -0.25) is 14.2 Å². The zero-order chi connectivity index (χ0) is 18.3. The molecule has 3 aromatic rings. The van der Waals surface area contributed by atoms with E-state index in [9.17, 15) is 9.59 Å². The van der Waals surface area contributed by atoms with Gasteiger partial charge in [-0.2, -0.15) is 0 Å². The molecule has 0 saturated carbocycles. The summed E-state index contributed by atoms with van der Waals surface area (Å²) < 4.78 is 1.56. The van der Waals surface area contributed by atoms with Crippen molar-refractivity contribution >= 4 is 39.3 Å². The first-order valence-corrected chi connectivity index (χ1v) is 10.3. The number of carboxylic acid groups (broad SMARTS) is 1. The van der Waals surface area contributed by atoms with Crippen molar-refractivity contribution in [1.82, 2.24) is 9.55 Å². The topological polar surface area (TPSA) is 72.2 Å². The number of thiophene rings is 1. The molecule has 26 heavy (non-hydrogen) atoms. The van der Waals surface area contributed by atoms with Crippen molar-refractivity contribution in [1.29, 1.82) is 0 Å². The summed E-state index contributed by atoms with van der Waals surface area (Å²) in [5.41, 5.74) is 1.75. The van der Waals surface area contributed by atoms with Gasteiger partial charge in [0.1, 0.15) is 4.83 Å². The number of aliphatic carboxylic acids is 1. The van der Waals surface area contributed by atoms with Gasteiger partial charge in [0.2, 0.25) is 0 Å². The molecule has 4 rings (SSSR count). The van der Waals surface area contributed by atoms with Crippen LogP contribution in [-0.4, -0.2) is 26.4 Å². The van der Waals surface area contributed by atoms with Gasteiger partial charge < -0.3 is 5.11 Å². The molecule has 1 N–H and O–H groups in total. The number of rotatable bonds is 4. The lowest BCUT2D eigenvalue weighted by atomic mass is 9.89. The summed E-state index contributed by atoms with van der Waals surface area (Å²) in [5, 5.41) is 10.2. The number of para-hydroxylation sites is 1. The quantitative estimate of drug-likeness (QED) is 0.546. The van der Waals surface area contributed by atoms with E-state index in [1.54, 1.807) is 15.9 Å². The van der Waals surface area contributed by atoms with E-state index in [0.717, 1.165) is 41.4 Å². The third-order valence-electron chi connectivity index (χ3n) is 4.63. The Balaban J connectivity index is 1.97. The number of aromatic nitrogens is 2. The molecule has 5 nitrogen and oxygen atoms in total. The third kappa shape index (κ3) is 3.05. The van der Waals surface area contributed by atoms with Gasteiger partial charge in [0.25, 0.3) is 5.56 Å². The number of carbonyl (C=O) groups is 1. The lowest BCUT2D eigenvalue weighted by Gasteiger charge is -2.18. The molecule has 134 valence electrons. The van der Waals surface area contributed by atoms with Gasteiger partial charge in [0.05, 0.1) is 16.8 Å². The first kappa shape index (κ1) is 17.3. The molecule has 0 saturated heterocycles. The van der Waals surface area contributed by atoms with Crippen LogP contribution in [0.1, 0.15) is 23.8 Å². The number of carboxylic acids is 1. The summed E-state index contributed by atoms with van der Waals surface area (Å²) >= 11 is 2.67. The zero-order valence-electron chi connectivity index (χ0n) is 14.3. The highest BCUT2D eigenvalue weighted by Crippen LogP contribution is 2.36. The number of fused-ring (bicyclic) bond motifs is 3. The first-order valence-electron chi connectivity index (χ1n) is 8.52. The van der Waals surface area contributed by atoms with Crippen LogP contribution in [0.4, 0.5) is 0 Å². The average Bonchev–Trinajstić information content (AvgIpc) is 2.98. The van der Waals surface area contributed by atoms with E-state index in [4.69, 9.17) is 10.1 Å². The highest BCUT2D eigenvalue weighted by Gasteiger charge is 2.25. The molecule has 1 aliphatic carbocycles. The van der Waals surface area contributed by atoms with Gasteiger partial charge in [-0.1, -0.05) is 36.9 Å². The van der Waals surface area contributed by atoms with E-state index in [0.29, 0.717) is 22.1 Å². The molecule has 1 aliphatic rings. The summed E-state index contributed by atoms with van der Waals surface area (Å²) in [7, 11) is 0. The van der Waals surface area contributed by atoms with Crippen LogP contribution in [0.15, 0.2) is 40.3 Å². The summed E-state index contributed by atoms with van der Waals surface area (Å²) in [6.45, 7) is 2.21. The number of nitrogens with zero attached hydrogens (tertiary/aromatic N) is 2. The minimum absolute atomic E-state index is 0.0966. The van der Waals surface area contributed by atoms with Gasteiger partial charge >= 0.3 is 5.97 Å². The second kappa shape index (κ2) is 6.89. The van der Waals surface area contributed by atoms with Crippen LogP contribution in [0.5, 0.6) is 0 Å². The zero-order valence-corrected chi connectivity index (χ0v) is 15.9. The first-order chi connectivity index (χ1) is 12.5. The van der Waals surface area contributed by atoms with Crippen LogP contribution in [0, 0.1) is 5.92 Å². The maximum atomic E-state index is 13.4. The Kier molecular flexibility index (Phi) is 4.58. The number of thioether (sulfide) groups is 1. The molecule has 7 heteroatoms. The van der Waals surface area contributed by atoms with E-state index < -0.39 is 5.97 Å². The SMILES string of the molecule is CC1CCc2sc3nc(SCC(=O)O)n(-c4ccccc4)c(=O)c3c2C1. The second-order valence-corrected chi connectivity index (χ2v) is 8.61. The molecule has 1 atom stereocenters. The van der Waals surface area contributed by atoms with Crippen LogP contribution < -0.4 is 5.56 Å². The van der Waals surface area contributed by atoms with E-state index >= 15 is 0 Å². The molecule has 0 spiro atoms. The monoisotopic (exact) mass is 386 g/mol. The van der Waals surface area contributed by atoms with Crippen molar-refractivity contribution in [3.63, 3.8) is 0 Å². The highest BCUT2D eigenvalue weighted by molar-refractivity contribution is 7.99. The maximum absolute atomic E-state index is 13.4. The molecular formula is C19H18N2O3S2.